The molecule has 0 saturated heterocycles. The first kappa shape index (κ1) is 14.1. The molecule has 0 saturated carbocycles. The lowest BCUT2D eigenvalue weighted by atomic mass is 10.1. The standard InChI is InChI=1S/C15H20N4O/c1-12-6-3-7-13(2)14(12)18-15(20)16-8-4-10-19-11-5-9-17-19/h3,5-7,9,11H,4,8,10H2,1-2H3,(H2,16,18,20). The zero-order chi connectivity index (χ0) is 14.4. The highest BCUT2D eigenvalue weighted by Gasteiger charge is 2.06. The summed E-state index contributed by atoms with van der Waals surface area (Å²) >= 11 is 0. The second-order valence-corrected chi connectivity index (χ2v) is 4.77. The molecule has 2 rings (SSSR count). The lowest BCUT2D eigenvalue weighted by Crippen LogP contribution is -2.30. The van der Waals surface area contributed by atoms with Crippen LogP contribution in [0.4, 0.5) is 10.5 Å². The number of para-hydroxylation sites is 1. The van der Waals surface area contributed by atoms with Crippen molar-refractivity contribution in [3.63, 3.8) is 0 Å². The monoisotopic (exact) mass is 272 g/mol. The van der Waals surface area contributed by atoms with Gasteiger partial charge in [-0.25, -0.2) is 4.79 Å². The van der Waals surface area contributed by atoms with Crippen LogP contribution in [0.25, 0.3) is 0 Å². The van der Waals surface area contributed by atoms with Gasteiger partial charge in [0.1, 0.15) is 0 Å². The first-order valence-corrected chi connectivity index (χ1v) is 6.75. The van der Waals surface area contributed by atoms with E-state index in [0.29, 0.717) is 6.54 Å². The van der Waals surface area contributed by atoms with E-state index in [2.05, 4.69) is 15.7 Å². The molecule has 0 atom stereocenters. The third kappa shape index (κ3) is 3.85. The molecule has 5 nitrogen and oxygen atoms in total. The van der Waals surface area contributed by atoms with E-state index in [1.54, 1.807) is 6.20 Å². The number of aromatic nitrogens is 2. The van der Waals surface area contributed by atoms with Gasteiger partial charge in [0, 0.05) is 31.2 Å². The van der Waals surface area contributed by atoms with E-state index in [0.717, 1.165) is 29.8 Å². The van der Waals surface area contributed by atoms with Crippen molar-refractivity contribution < 1.29 is 4.79 Å². The van der Waals surface area contributed by atoms with Crippen molar-refractivity contribution in [3.05, 3.63) is 47.8 Å². The zero-order valence-electron chi connectivity index (χ0n) is 11.9. The van der Waals surface area contributed by atoms with Crippen LogP contribution in [0.2, 0.25) is 0 Å². The molecular weight excluding hydrogens is 252 g/mol. The van der Waals surface area contributed by atoms with Gasteiger partial charge in [-0.3, -0.25) is 4.68 Å². The molecule has 1 heterocycles. The summed E-state index contributed by atoms with van der Waals surface area (Å²) in [7, 11) is 0. The average molecular weight is 272 g/mol. The Morgan fingerprint density at radius 3 is 2.65 bits per heavy atom. The molecule has 2 N–H and O–H groups in total. The number of nitrogens with one attached hydrogen (secondary N) is 2. The zero-order valence-corrected chi connectivity index (χ0v) is 11.9. The van der Waals surface area contributed by atoms with Crippen molar-refractivity contribution in [3.8, 4) is 0 Å². The molecule has 5 heteroatoms. The summed E-state index contributed by atoms with van der Waals surface area (Å²) in [5.74, 6) is 0. The summed E-state index contributed by atoms with van der Waals surface area (Å²) in [5.41, 5.74) is 3.02. The van der Waals surface area contributed by atoms with E-state index in [1.807, 2.05) is 49.0 Å². The van der Waals surface area contributed by atoms with E-state index >= 15 is 0 Å². The van der Waals surface area contributed by atoms with Crippen molar-refractivity contribution in [2.75, 3.05) is 11.9 Å². The van der Waals surface area contributed by atoms with Crippen LogP contribution in [0.1, 0.15) is 17.5 Å². The fourth-order valence-electron chi connectivity index (χ4n) is 2.05. The minimum atomic E-state index is -0.164. The van der Waals surface area contributed by atoms with Crippen LogP contribution < -0.4 is 10.6 Å². The van der Waals surface area contributed by atoms with Gasteiger partial charge in [0.2, 0.25) is 0 Å². The van der Waals surface area contributed by atoms with Crippen LogP contribution >= 0.6 is 0 Å². The molecule has 0 aliphatic carbocycles. The number of hydrogen-bond donors (Lipinski definition) is 2. The van der Waals surface area contributed by atoms with Gasteiger partial charge in [-0.15, -0.1) is 0 Å². The van der Waals surface area contributed by atoms with Crippen LogP contribution in [0, 0.1) is 13.8 Å². The largest absolute Gasteiger partial charge is 0.338 e. The highest BCUT2D eigenvalue weighted by Crippen LogP contribution is 2.18. The SMILES string of the molecule is Cc1cccc(C)c1NC(=O)NCCCn1cccn1. The molecule has 20 heavy (non-hydrogen) atoms. The van der Waals surface area contributed by atoms with Gasteiger partial charge in [0.25, 0.3) is 0 Å². The molecule has 106 valence electrons. The topological polar surface area (TPSA) is 59.0 Å². The van der Waals surface area contributed by atoms with Crippen molar-refractivity contribution >= 4 is 11.7 Å². The Kier molecular flexibility index (Phi) is 4.76. The van der Waals surface area contributed by atoms with Gasteiger partial charge < -0.3 is 10.6 Å². The van der Waals surface area contributed by atoms with Gasteiger partial charge in [-0.05, 0) is 37.5 Å². The highest BCUT2D eigenvalue weighted by molar-refractivity contribution is 5.90. The summed E-state index contributed by atoms with van der Waals surface area (Å²) in [6, 6.07) is 7.68. The molecule has 2 aromatic rings. The molecule has 0 aliphatic heterocycles. The first-order chi connectivity index (χ1) is 9.66. The van der Waals surface area contributed by atoms with Crippen molar-refractivity contribution in [2.45, 2.75) is 26.8 Å². The molecule has 0 bridgehead atoms. The first-order valence-electron chi connectivity index (χ1n) is 6.75. The van der Waals surface area contributed by atoms with E-state index in [4.69, 9.17) is 0 Å². The fourth-order valence-corrected chi connectivity index (χ4v) is 2.05. The summed E-state index contributed by atoms with van der Waals surface area (Å²) in [4.78, 5) is 11.8. The lowest BCUT2D eigenvalue weighted by Gasteiger charge is -2.12. The number of nitrogens with zero attached hydrogens (tertiary/aromatic N) is 2. The molecule has 0 unspecified atom stereocenters. The Labute approximate surface area is 119 Å². The summed E-state index contributed by atoms with van der Waals surface area (Å²) in [6.45, 7) is 5.40. The van der Waals surface area contributed by atoms with Gasteiger partial charge in [-0.2, -0.15) is 5.10 Å². The van der Waals surface area contributed by atoms with Crippen LogP contribution in [0.3, 0.4) is 0 Å². The maximum absolute atomic E-state index is 11.8. The molecule has 1 aromatic heterocycles. The third-order valence-corrected chi connectivity index (χ3v) is 3.13. The number of urea groups is 1. The Hall–Kier alpha value is -2.30. The van der Waals surface area contributed by atoms with E-state index < -0.39 is 0 Å². The molecule has 0 radical (unpaired) electrons. The van der Waals surface area contributed by atoms with Crippen LogP contribution in [0.5, 0.6) is 0 Å². The minimum Gasteiger partial charge on any atom is -0.338 e. The van der Waals surface area contributed by atoms with Gasteiger partial charge in [0.05, 0.1) is 0 Å². The lowest BCUT2D eigenvalue weighted by molar-refractivity contribution is 0.251. The smallest absolute Gasteiger partial charge is 0.319 e. The number of aryl methyl sites for hydroxylation is 3. The normalized spacial score (nSPS) is 10.3. The number of carbonyl (C=O) groups excluding carboxylic acids is 1. The number of anilines is 1. The number of amides is 2. The van der Waals surface area contributed by atoms with E-state index in [1.165, 1.54) is 0 Å². The maximum atomic E-state index is 11.8. The molecule has 0 fully saturated rings. The van der Waals surface area contributed by atoms with Gasteiger partial charge in [0.15, 0.2) is 0 Å². The molecule has 2 amide bonds. The van der Waals surface area contributed by atoms with Gasteiger partial charge >= 0.3 is 6.03 Å². The Morgan fingerprint density at radius 2 is 2.00 bits per heavy atom. The van der Waals surface area contributed by atoms with Crippen molar-refractivity contribution in [2.24, 2.45) is 0 Å². The number of hydrogen-bond acceptors (Lipinski definition) is 2. The van der Waals surface area contributed by atoms with Crippen molar-refractivity contribution in [1.29, 1.82) is 0 Å². The Balaban J connectivity index is 1.75. The number of rotatable bonds is 5. The summed E-state index contributed by atoms with van der Waals surface area (Å²) in [5, 5.41) is 9.87. The average Bonchev–Trinajstić information content (AvgIpc) is 2.92. The maximum Gasteiger partial charge on any atom is 0.319 e. The van der Waals surface area contributed by atoms with Crippen LogP contribution in [0.15, 0.2) is 36.7 Å². The molecule has 1 aromatic carbocycles. The highest BCUT2D eigenvalue weighted by atomic mass is 16.2. The van der Waals surface area contributed by atoms with E-state index in [9.17, 15) is 4.79 Å². The summed E-state index contributed by atoms with van der Waals surface area (Å²) in [6.07, 6.45) is 4.51. The predicted molar refractivity (Wildman–Crippen MR) is 79.8 cm³/mol. The Bertz CT molecular complexity index is 543. The fraction of sp³-hybridized carbons (Fsp3) is 0.333. The van der Waals surface area contributed by atoms with Crippen LogP contribution in [-0.4, -0.2) is 22.4 Å². The Morgan fingerprint density at radius 1 is 1.25 bits per heavy atom. The van der Waals surface area contributed by atoms with Gasteiger partial charge in [-0.1, -0.05) is 18.2 Å². The van der Waals surface area contributed by atoms with Crippen molar-refractivity contribution in [1.82, 2.24) is 15.1 Å². The molecular formula is C15H20N4O. The predicted octanol–water partition coefficient (Wildman–Crippen LogP) is 2.71. The van der Waals surface area contributed by atoms with Crippen LogP contribution in [-0.2, 0) is 6.54 Å². The third-order valence-electron chi connectivity index (χ3n) is 3.13. The molecule has 0 aliphatic rings. The second kappa shape index (κ2) is 6.75. The van der Waals surface area contributed by atoms with E-state index in [-0.39, 0.29) is 6.03 Å². The second-order valence-electron chi connectivity index (χ2n) is 4.77. The molecule has 0 spiro atoms. The quantitative estimate of drug-likeness (QED) is 0.822. The minimum absolute atomic E-state index is 0.164. The number of carbonyl (C=O) groups is 1. The number of benzene rings is 1. The summed E-state index contributed by atoms with van der Waals surface area (Å²) < 4.78 is 1.85.